The summed E-state index contributed by atoms with van der Waals surface area (Å²) in [5.74, 6) is -0.506. The third-order valence-corrected chi connectivity index (χ3v) is 7.40. The van der Waals surface area contributed by atoms with Crippen molar-refractivity contribution in [2.24, 2.45) is 0 Å². The minimum absolute atomic E-state index is 0.153. The Hall–Kier alpha value is -4.04. The number of nitrogens with zero attached hydrogens (tertiary/aromatic N) is 3. The molecule has 2 aromatic heterocycles. The molecule has 2 N–H and O–H groups in total. The van der Waals surface area contributed by atoms with Gasteiger partial charge in [-0.05, 0) is 92.6 Å². The Morgan fingerprint density at radius 2 is 1.79 bits per heavy atom. The molecule has 3 heterocycles. The zero-order valence-electron chi connectivity index (χ0n) is 21.6. The second-order valence-electron chi connectivity index (χ2n) is 9.57. The highest BCUT2D eigenvalue weighted by Gasteiger charge is 2.41. The molecule has 4 aromatic rings. The fourth-order valence-electron chi connectivity index (χ4n) is 5.24. The number of benzene rings is 2. The van der Waals surface area contributed by atoms with Gasteiger partial charge < -0.3 is 20.1 Å². The molecule has 1 aliphatic rings. The first kappa shape index (κ1) is 25.6. The number of halogens is 1. The van der Waals surface area contributed by atoms with Crippen LogP contribution in [-0.4, -0.2) is 32.0 Å². The Balaban J connectivity index is 1.47. The molecule has 1 amide bonds. The van der Waals surface area contributed by atoms with Crippen LogP contribution in [0.15, 0.2) is 79.0 Å². The molecule has 1 saturated heterocycles. The summed E-state index contributed by atoms with van der Waals surface area (Å²) in [6, 6.07) is 21.8. The predicted octanol–water partition coefficient (Wildman–Crippen LogP) is 5.94. The summed E-state index contributed by atoms with van der Waals surface area (Å²) in [5.41, 5.74) is 7.15. The Kier molecular flexibility index (Phi) is 7.24. The first-order valence-electron chi connectivity index (χ1n) is 12.6. The van der Waals surface area contributed by atoms with Gasteiger partial charge in [-0.15, -0.1) is 0 Å². The van der Waals surface area contributed by atoms with Gasteiger partial charge >= 0.3 is 0 Å². The third-order valence-electron chi connectivity index (χ3n) is 7.05. The van der Waals surface area contributed by atoms with Crippen molar-refractivity contribution in [2.45, 2.75) is 39.3 Å². The molecule has 0 spiro atoms. The second kappa shape index (κ2) is 10.8. The number of carbonyl (C=O) groups excluding carboxylic acids is 1. The van der Waals surface area contributed by atoms with Crippen molar-refractivity contribution in [1.82, 2.24) is 19.8 Å². The number of aromatic nitrogens is 2. The minimum atomic E-state index is -0.344. The molecular formula is C30H30FN5OS. The number of hydrogen-bond acceptors (Lipinski definition) is 3. The highest BCUT2D eigenvalue weighted by Crippen LogP contribution is 2.41. The Bertz CT molecular complexity index is 1470. The summed E-state index contributed by atoms with van der Waals surface area (Å²) in [7, 11) is 0. The number of pyridine rings is 1. The molecule has 1 fully saturated rings. The maximum absolute atomic E-state index is 13.2. The van der Waals surface area contributed by atoms with Gasteiger partial charge in [0.25, 0.3) is 0 Å². The summed E-state index contributed by atoms with van der Waals surface area (Å²) < 4.78 is 15.5. The molecule has 194 valence electrons. The van der Waals surface area contributed by atoms with Crippen LogP contribution in [0.3, 0.4) is 0 Å². The maximum Gasteiger partial charge on any atom is 0.226 e. The van der Waals surface area contributed by atoms with Gasteiger partial charge in [-0.2, -0.15) is 0 Å². The topological polar surface area (TPSA) is 62.2 Å². The summed E-state index contributed by atoms with van der Waals surface area (Å²) in [6.45, 7) is 6.77. The predicted molar refractivity (Wildman–Crippen MR) is 152 cm³/mol. The highest BCUT2D eigenvalue weighted by atomic mass is 32.1. The number of nitrogens with one attached hydrogen (secondary N) is 2. The SMILES string of the molecule is Cc1ccccc1-n1c(C)cc(C2C(c3ccccn3)NC(=S)N2CCC(=O)Nc2ccc(F)cc2)c1C. The van der Waals surface area contributed by atoms with Gasteiger partial charge in [0.15, 0.2) is 5.11 Å². The molecule has 38 heavy (non-hydrogen) atoms. The largest absolute Gasteiger partial charge is 0.352 e. The van der Waals surface area contributed by atoms with Crippen LogP contribution >= 0.6 is 12.2 Å². The lowest BCUT2D eigenvalue weighted by Gasteiger charge is -2.28. The number of para-hydroxylation sites is 1. The molecule has 0 radical (unpaired) electrons. The van der Waals surface area contributed by atoms with Crippen LogP contribution in [0, 0.1) is 26.6 Å². The van der Waals surface area contributed by atoms with E-state index in [1.807, 2.05) is 24.3 Å². The molecular weight excluding hydrogens is 497 g/mol. The first-order chi connectivity index (χ1) is 18.3. The van der Waals surface area contributed by atoms with Crippen molar-refractivity contribution >= 4 is 28.9 Å². The molecule has 6 nitrogen and oxygen atoms in total. The smallest absolute Gasteiger partial charge is 0.226 e. The van der Waals surface area contributed by atoms with Gasteiger partial charge in [-0.25, -0.2) is 4.39 Å². The van der Waals surface area contributed by atoms with Crippen molar-refractivity contribution in [3.05, 3.63) is 113 Å². The van der Waals surface area contributed by atoms with Crippen molar-refractivity contribution in [3.63, 3.8) is 0 Å². The van der Waals surface area contributed by atoms with Crippen LogP contribution in [0.2, 0.25) is 0 Å². The van der Waals surface area contributed by atoms with Crippen LogP contribution in [0.4, 0.5) is 10.1 Å². The van der Waals surface area contributed by atoms with Gasteiger partial charge in [0.05, 0.1) is 17.8 Å². The fourth-order valence-corrected chi connectivity index (χ4v) is 5.57. The van der Waals surface area contributed by atoms with Gasteiger partial charge in [0, 0.05) is 41.9 Å². The van der Waals surface area contributed by atoms with Gasteiger partial charge in [0.2, 0.25) is 5.91 Å². The lowest BCUT2D eigenvalue weighted by molar-refractivity contribution is -0.116. The summed E-state index contributed by atoms with van der Waals surface area (Å²) >= 11 is 5.79. The van der Waals surface area contributed by atoms with E-state index in [0.29, 0.717) is 17.3 Å². The quantitative estimate of drug-likeness (QED) is 0.292. The number of aryl methyl sites for hydroxylation is 2. The molecule has 1 aliphatic heterocycles. The number of anilines is 1. The van der Waals surface area contributed by atoms with E-state index in [-0.39, 0.29) is 30.2 Å². The summed E-state index contributed by atoms with van der Waals surface area (Å²) in [6.07, 6.45) is 2.01. The second-order valence-corrected chi connectivity index (χ2v) is 9.96. The van der Waals surface area contributed by atoms with E-state index in [2.05, 4.69) is 70.1 Å². The van der Waals surface area contributed by atoms with Crippen molar-refractivity contribution in [2.75, 3.05) is 11.9 Å². The van der Waals surface area contributed by atoms with E-state index < -0.39 is 0 Å². The minimum Gasteiger partial charge on any atom is -0.352 e. The van der Waals surface area contributed by atoms with E-state index in [4.69, 9.17) is 12.2 Å². The number of thiocarbonyl (C=S) groups is 1. The molecule has 5 rings (SSSR count). The normalized spacial score (nSPS) is 16.9. The third kappa shape index (κ3) is 5.04. The number of amides is 1. The van der Waals surface area contributed by atoms with Crippen LogP contribution < -0.4 is 10.6 Å². The summed E-state index contributed by atoms with van der Waals surface area (Å²) in [4.78, 5) is 19.5. The van der Waals surface area contributed by atoms with Gasteiger partial charge in [-0.3, -0.25) is 9.78 Å². The first-order valence-corrected chi connectivity index (χ1v) is 13.0. The molecule has 0 aliphatic carbocycles. The number of rotatable bonds is 7. The molecule has 0 bridgehead atoms. The Morgan fingerprint density at radius 1 is 1.05 bits per heavy atom. The highest BCUT2D eigenvalue weighted by molar-refractivity contribution is 7.80. The van der Waals surface area contributed by atoms with Gasteiger partial charge in [-0.1, -0.05) is 24.3 Å². The van der Waals surface area contributed by atoms with Crippen LogP contribution in [0.5, 0.6) is 0 Å². The molecule has 2 aromatic carbocycles. The average Bonchev–Trinajstić information content (AvgIpc) is 3.39. The van der Waals surface area contributed by atoms with Crippen LogP contribution in [0.1, 0.15) is 46.7 Å². The Morgan fingerprint density at radius 3 is 2.50 bits per heavy atom. The fraction of sp³-hybridized carbons (Fsp3) is 0.233. The maximum atomic E-state index is 13.2. The summed E-state index contributed by atoms with van der Waals surface area (Å²) in [5, 5.41) is 6.90. The number of hydrogen-bond donors (Lipinski definition) is 2. The van der Waals surface area contributed by atoms with Gasteiger partial charge in [0.1, 0.15) is 5.82 Å². The molecule has 2 atom stereocenters. The average molecular weight is 528 g/mol. The molecule has 2 unspecified atom stereocenters. The van der Waals surface area contributed by atoms with E-state index in [1.165, 1.54) is 17.7 Å². The monoisotopic (exact) mass is 527 g/mol. The zero-order valence-corrected chi connectivity index (χ0v) is 22.4. The van der Waals surface area contributed by atoms with Crippen LogP contribution in [-0.2, 0) is 4.79 Å². The molecule has 0 saturated carbocycles. The Labute approximate surface area is 227 Å². The van der Waals surface area contributed by atoms with Crippen molar-refractivity contribution in [3.8, 4) is 5.69 Å². The van der Waals surface area contributed by atoms with Crippen molar-refractivity contribution in [1.29, 1.82) is 0 Å². The lowest BCUT2D eigenvalue weighted by Crippen LogP contribution is -2.32. The lowest BCUT2D eigenvalue weighted by atomic mass is 9.96. The zero-order chi connectivity index (χ0) is 26.8. The van der Waals surface area contributed by atoms with Crippen molar-refractivity contribution < 1.29 is 9.18 Å². The van der Waals surface area contributed by atoms with E-state index in [0.717, 1.165) is 28.3 Å². The van der Waals surface area contributed by atoms with E-state index >= 15 is 0 Å². The van der Waals surface area contributed by atoms with E-state index in [1.54, 1.807) is 18.3 Å². The number of carbonyl (C=O) groups is 1. The molecule has 8 heteroatoms. The van der Waals surface area contributed by atoms with E-state index in [9.17, 15) is 9.18 Å². The standard InChI is InChI=1S/C30H30FN5OS/c1-19-8-4-5-10-26(19)36-20(2)18-24(21(36)3)29-28(25-9-6-7-16-32-25)34-30(38)35(29)17-15-27(37)33-23-13-11-22(31)12-14-23/h4-14,16,18,28-29H,15,17H2,1-3H3,(H,33,37)(H,34,38). The van der Waals surface area contributed by atoms with Crippen LogP contribution in [0.25, 0.3) is 5.69 Å².